The second-order valence-electron chi connectivity index (χ2n) is 1.41. The first-order valence-corrected chi connectivity index (χ1v) is 1.89. The summed E-state index contributed by atoms with van der Waals surface area (Å²) in [4.78, 5) is 0. The number of halogens is 1. The first-order chi connectivity index (χ1) is 2.39. The fraction of sp³-hybridized carbons (Fsp3) is 1.00. The van der Waals surface area contributed by atoms with Crippen LogP contribution in [0.5, 0.6) is 0 Å². The lowest BCUT2D eigenvalue weighted by molar-refractivity contribution is -0.723. The Morgan fingerprint density at radius 2 is 1.83 bits per heavy atom. The quantitative estimate of drug-likeness (QED) is 0.321. The SMILES string of the molecule is OC1C[NH2+]C1.[Cl-]. The second kappa shape index (κ2) is 2.39. The van der Waals surface area contributed by atoms with Crippen molar-refractivity contribution >= 4 is 0 Å². The van der Waals surface area contributed by atoms with Crippen molar-refractivity contribution in [2.45, 2.75) is 6.10 Å². The minimum Gasteiger partial charge on any atom is -1.00 e. The van der Waals surface area contributed by atoms with Crippen LogP contribution in [-0.4, -0.2) is 24.3 Å². The molecule has 6 heavy (non-hydrogen) atoms. The molecule has 0 unspecified atom stereocenters. The van der Waals surface area contributed by atoms with Gasteiger partial charge in [-0.1, -0.05) is 0 Å². The van der Waals surface area contributed by atoms with Gasteiger partial charge < -0.3 is 22.8 Å². The van der Waals surface area contributed by atoms with E-state index >= 15 is 0 Å². The molecular weight excluding hydrogens is 101 g/mol. The molecule has 0 spiro atoms. The monoisotopic (exact) mass is 109 g/mol. The number of aliphatic hydroxyl groups excluding tert-OH is 1. The highest BCUT2D eigenvalue weighted by Gasteiger charge is 2.15. The third-order valence-electron chi connectivity index (χ3n) is 0.877. The molecule has 0 bridgehead atoms. The Labute approximate surface area is 43.0 Å². The van der Waals surface area contributed by atoms with Crippen LogP contribution in [0.25, 0.3) is 0 Å². The fourth-order valence-electron chi connectivity index (χ4n) is 0.316. The third-order valence-corrected chi connectivity index (χ3v) is 0.877. The van der Waals surface area contributed by atoms with Gasteiger partial charge in [-0.15, -0.1) is 0 Å². The Bertz CT molecular complexity index is 37.8. The molecule has 0 aliphatic carbocycles. The minimum absolute atomic E-state index is 0. The van der Waals surface area contributed by atoms with Gasteiger partial charge in [0.05, 0.1) is 0 Å². The Balaban J connectivity index is 0.000000250. The van der Waals surface area contributed by atoms with E-state index in [0.29, 0.717) is 0 Å². The van der Waals surface area contributed by atoms with Crippen molar-refractivity contribution in [1.82, 2.24) is 0 Å². The van der Waals surface area contributed by atoms with E-state index in [1.54, 1.807) is 0 Å². The van der Waals surface area contributed by atoms with Crippen molar-refractivity contribution in [3.8, 4) is 0 Å². The molecule has 1 heterocycles. The van der Waals surface area contributed by atoms with E-state index in [4.69, 9.17) is 5.11 Å². The molecule has 0 aromatic heterocycles. The Hall–Kier alpha value is 0.210. The normalized spacial score (nSPS) is 21.5. The molecule has 0 aromatic rings. The van der Waals surface area contributed by atoms with Crippen molar-refractivity contribution < 1.29 is 22.8 Å². The van der Waals surface area contributed by atoms with E-state index in [1.165, 1.54) is 0 Å². The molecule has 1 fully saturated rings. The van der Waals surface area contributed by atoms with Gasteiger partial charge in [0.15, 0.2) is 6.10 Å². The molecule has 38 valence electrons. The van der Waals surface area contributed by atoms with E-state index in [1.807, 2.05) is 0 Å². The standard InChI is InChI=1S/C3H7NO.ClH/c5-3-1-4-2-3;/h3-5H,1-2H2;1H. The number of rotatable bonds is 0. The zero-order valence-electron chi connectivity index (χ0n) is 3.39. The van der Waals surface area contributed by atoms with E-state index in [0.717, 1.165) is 13.1 Å². The fourth-order valence-corrected chi connectivity index (χ4v) is 0.316. The predicted molar refractivity (Wildman–Crippen MR) is 17.7 cm³/mol. The summed E-state index contributed by atoms with van der Waals surface area (Å²) in [7, 11) is 0. The van der Waals surface area contributed by atoms with Gasteiger partial charge in [0.2, 0.25) is 0 Å². The molecule has 0 saturated carbocycles. The van der Waals surface area contributed by atoms with Crippen molar-refractivity contribution in [1.29, 1.82) is 0 Å². The molecule has 2 nitrogen and oxygen atoms in total. The molecule has 0 atom stereocenters. The molecule has 1 saturated heterocycles. The van der Waals surface area contributed by atoms with Crippen LogP contribution in [0.15, 0.2) is 0 Å². The first kappa shape index (κ1) is 6.21. The van der Waals surface area contributed by atoms with Crippen molar-refractivity contribution in [3.05, 3.63) is 0 Å². The summed E-state index contributed by atoms with van der Waals surface area (Å²) >= 11 is 0. The van der Waals surface area contributed by atoms with Crippen LogP contribution in [0.2, 0.25) is 0 Å². The highest BCUT2D eigenvalue weighted by atomic mass is 35.5. The Morgan fingerprint density at radius 3 is 1.83 bits per heavy atom. The summed E-state index contributed by atoms with van der Waals surface area (Å²) in [5.74, 6) is 0. The number of hydrogen-bond donors (Lipinski definition) is 2. The van der Waals surface area contributed by atoms with E-state index in [9.17, 15) is 0 Å². The predicted octanol–water partition coefficient (Wildman–Crippen LogP) is -5.07. The molecule has 3 N–H and O–H groups in total. The lowest BCUT2D eigenvalue weighted by Gasteiger charge is -2.15. The molecule has 1 aliphatic rings. The zero-order chi connectivity index (χ0) is 3.70. The largest absolute Gasteiger partial charge is 1.00 e. The van der Waals surface area contributed by atoms with Crippen molar-refractivity contribution in [2.24, 2.45) is 0 Å². The molecule has 1 aliphatic heterocycles. The van der Waals surface area contributed by atoms with Crippen LogP contribution < -0.4 is 17.7 Å². The second-order valence-corrected chi connectivity index (χ2v) is 1.41. The molecule has 0 aromatic carbocycles. The number of quaternary nitrogens is 1. The zero-order valence-corrected chi connectivity index (χ0v) is 4.15. The van der Waals surface area contributed by atoms with Gasteiger partial charge >= 0.3 is 0 Å². The number of nitrogens with two attached hydrogens (primary N) is 1. The van der Waals surface area contributed by atoms with Crippen LogP contribution in [0, 0.1) is 0 Å². The van der Waals surface area contributed by atoms with Gasteiger partial charge in [-0.05, 0) is 0 Å². The maximum atomic E-state index is 8.42. The van der Waals surface area contributed by atoms with E-state index < -0.39 is 0 Å². The Kier molecular flexibility index (Phi) is 2.48. The smallest absolute Gasteiger partial charge is 0.151 e. The van der Waals surface area contributed by atoms with E-state index in [2.05, 4.69) is 5.32 Å². The lowest BCUT2D eigenvalue weighted by Crippen LogP contribution is -3.00. The molecule has 1 rings (SSSR count). The maximum absolute atomic E-state index is 8.42. The molecule has 0 radical (unpaired) electrons. The highest BCUT2D eigenvalue weighted by Crippen LogP contribution is 1.73. The number of aliphatic hydroxyl groups is 1. The van der Waals surface area contributed by atoms with Crippen LogP contribution in [0.1, 0.15) is 0 Å². The molecule has 0 amide bonds. The Morgan fingerprint density at radius 1 is 1.50 bits per heavy atom. The average Bonchev–Trinajstić information content (AvgIpc) is 1.30. The summed E-state index contributed by atoms with van der Waals surface area (Å²) in [6.45, 7) is 1.83. The lowest BCUT2D eigenvalue weighted by atomic mass is 10.2. The van der Waals surface area contributed by atoms with Crippen molar-refractivity contribution in [3.63, 3.8) is 0 Å². The van der Waals surface area contributed by atoms with Crippen LogP contribution >= 0.6 is 0 Å². The maximum Gasteiger partial charge on any atom is 0.151 e. The van der Waals surface area contributed by atoms with Crippen LogP contribution in [0.3, 0.4) is 0 Å². The van der Waals surface area contributed by atoms with Gasteiger partial charge in [0.25, 0.3) is 0 Å². The summed E-state index contributed by atoms with van der Waals surface area (Å²) < 4.78 is 0. The van der Waals surface area contributed by atoms with Gasteiger partial charge in [0, 0.05) is 0 Å². The summed E-state index contributed by atoms with van der Waals surface area (Å²) in [5.41, 5.74) is 0. The van der Waals surface area contributed by atoms with Crippen LogP contribution in [0.4, 0.5) is 0 Å². The summed E-state index contributed by atoms with van der Waals surface area (Å²) in [6, 6.07) is 0. The van der Waals surface area contributed by atoms with Crippen molar-refractivity contribution in [2.75, 3.05) is 13.1 Å². The highest BCUT2D eigenvalue weighted by molar-refractivity contribution is 4.52. The van der Waals surface area contributed by atoms with Gasteiger partial charge in [-0.3, -0.25) is 0 Å². The van der Waals surface area contributed by atoms with Gasteiger partial charge in [0.1, 0.15) is 13.1 Å². The minimum atomic E-state index is 0. The third kappa shape index (κ3) is 1.12. The van der Waals surface area contributed by atoms with Gasteiger partial charge in [-0.25, -0.2) is 0 Å². The topological polar surface area (TPSA) is 36.8 Å². The number of hydrogen-bond acceptors (Lipinski definition) is 1. The van der Waals surface area contributed by atoms with E-state index in [-0.39, 0.29) is 18.5 Å². The van der Waals surface area contributed by atoms with Crippen LogP contribution in [-0.2, 0) is 0 Å². The first-order valence-electron chi connectivity index (χ1n) is 1.89. The summed E-state index contributed by atoms with van der Waals surface area (Å²) in [6.07, 6.45) is 0.00926. The molecular formula is C3H8ClNO. The average molecular weight is 110 g/mol. The van der Waals surface area contributed by atoms with Gasteiger partial charge in [-0.2, -0.15) is 0 Å². The summed E-state index contributed by atoms with van der Waals surface area (Å²) in [5, 5.41) is 10.5. The molecule has 3 heteroatoms.